The first-order valence-corrected chi connectivity index (χ1v) is 7.28. The number of hydrogen-bond donors (Lipinski definition) is 1. The fraction of sp³-hybridized carbons (Fsp3) is 0.933. The van der Waals surface area contributed by atoms with E-state index in [0.29, 0.717) is 0 Å². The van der Waals surface area contributed by atoms with Crippen LogP contribution in [0.25, 0.3) is 0 Å². The zero-order valence-electron chi connectivity index (χ0n) is 13.1. The highest BCUT2D eigenvalue weighted by atomic mass is 35.5. The van der Waals surface area contributed by atoms with E-state index < -0.39 is 0 Å². The zero-order chi connectivity index (χ0) is 13.9. The molecule has 0 aromatic carbocycles. The minimum absolute atomic E-state index is 0. The maximum Gasteiger partial charge on any atom is 0.240 e. The molecule has 4 heteroatoms. The summed E-state index contributed by atoms with van der Waals surface area (Å²) in [5, 5.41) is 0. The first kappa shape index (κ1) is 18.7. The molecule has 19 heavy (non-hydrogen) atoms. The van der Waals surface area contributed by atoms with Gasteiger partial charge in [0.15, 0.2) is 0 Å². The first-order chi connectivity index (χ1) is 8.23. The van der Waals surface area contributed by atoms with E-state index >= 15 is 0 Å². The third kappa shape index (κ3) is 5.31. The van der Waals surface area contributed by atoms with E-state index in [-0.39, 0.29) is 29.8 Å². The topological polar surface area (TPSA) is 46.3 Å². The quantitative estimate of drug-likeness (QED) is 0.849. The van der Waals surface area contributed by atoms with Gasteiger partial charge in [-0.2, -0.15) is 0 Å². The molecule has 114 valence electrons. The van der Waals surface area contributed by atoms with Crippen LogP contribution in [0, 0.1) is 17.3 Å². The van der Waals surface area contributed by atoms with E-state index in [0.717, 1.165) is 37.8 Å². The molecule has 2 N–H and O–H groups in total. The van der Waals surface area contributed by atoms with Crippen LogP contribution in [0.3, 0.4) is 0 Å². The second-order valence-electron chi connectivity index (χ2n) is 7.10. The number of rotatable bonds is 2. The van der Waals surface area contributed by atoms with Crippen LogP contribution in [0.2, 0.25) is 0 Å². The summed E-state index contributed by atoms with van der Waals surface area (Å²) in [4.78, 5) is 14.4. The van der Waals surface area contributed by atoms with Gasteiger partial charge in [-0.15, -0.1) is 12.4 Å². The molecule has 0 spiro atoms. The molecule has 1 aliphatic heterocycles. The van der Waals surface area contributed by atoms with E-state index in [4.69, 9.17) is 5.73 Å². The molecule has 0 saturated carbocycles. The standard InChI is InChI=1S/C15H30N2O.ClH/c1-11(2)12-7-6-9-17(10-8-12)14(18)13(16)15(3,4)5;/h11-13H,6-10,16H2,1-5H3;1H/t12?,13-;/m1./s1. The van der Waals surface area contributed by atoms with Crippen molar-refractivity contribution >= 4 is 18.3 Å². The maximum absolute atomic E-state index is 12.4. The SMILES string of the molecule is CC(C)C1CCCN(C(=O)[C@@H](N)C(C)(C)C)CC1.Cl. The normalized spacial score (nSPS) is 22.7. The van der Waals surface area contributed by atoms with Crippen LogP contribution in [0.1, 0.15) is 53.9 Å². The van der Waals surface area contributed by atoms with E-state index in [9.17, 15) is 4.79 Å². The molecule has 1 rings (SSSR count). The number of halogens is 1. The summed E-state index contributed by atoms with van der Waals surface area (Å²) in [7, 11) is 0. The molecule has 1 heterocycles. The Labute approximate surface area is 124 Å². The Kier molecular flexibility index (Phi) is 7.38. The summed E-state index contributed by atoms with van der Waals surface area (Å²) in [6, 6.07) is -0.381. The van der Waals surface area contributed by atoms with Gasteiger partial charge in [-0.3, -0.25) is 4.79 Å². The number of amides is 1. The number of hydrogen-bond acceptors (Lipinski definition) is 2. The fourth-order valence-corrected chi connectivity index (χ4v) is 2.58. The average Bonchev–Trinajstić information content (AvgIpc) is 2.51. The van der Waals surface area contributed by atoms with Gasteiger partial charge in [0.2, 0.25) is 5.91 Å². The van der Waals surface area contributed by atoms with Crippen molar-refractivity contribution in [3.8, 4) is 0 Å². The Morgan fingerprint density at radius 1 is 1.21 bits per heavy atom. The molecule has 1 saturated heterocycles. The lowest BCUT2D eigenvalue weighted by Crippen LogP contribution is -2.50. The van der Waals surface area contributed by atoms with Crippen molar-refractivity contribution in [2.75, 3.05) is 13.1 Å². The summed E-state index contributed by atoms with van der Waals surface area (Å²) < 4.78 is 0. The molecule has 1 amide bonds. The number of nitrogens with zero attached hydrogens (tertiary/aromatic N) is 1. The Morgan fingerprint density at radius 3 is 2.26 bits per heavy atom. The van der Waals surface area contributed by atoms with Crippen molar-refractivity contribution < 1.29 is 4.79 Å². The Hall–Kier alpha value is -0.280. The zero-order valence-corrected chi connectivity index (χ0v) is 13.9. The van der Waals surface area contributed by atoms with Gasteiger partial charge in [-0.25, -0.2) is 0 Å². The van der Waals surface area contributed by atoms with Crippen molar-refractivity contribution in [1.29, 1.82) is 0 Å². The van der Waals surface area contributed by atoms with E-state index in [1.165, 1.54) is 6.42 Å². The highest BCUT2D eigenvalue weighted by molar-refractivity contribution is 5.85. The van der Waals surface area contributed by atoms with Gasteiger partial charge in [-0.1, -0.05) is 34.6 Å². The van der Waals surface area contributed by atoms with Crippen molar-refractivity contribution in [3.63, 3.8) is 0 Å². The molecule has 0 aromatic rings. The molecule has 2 atom stereocenters. The third-order valence-electron chi connectivity index (χ3n) is 4.23. The lowest BCUT2D eigenvalue weighted by atomic mass is 9.86. The first-order valence-electron chi connectivity index (χ1n) is 7.28. The number of likely N-dealkylation sites (tertiary alicyclic amines) is 1. The van der Waals surface area contributed by atoms with Crippen LogP contribution in [0.4, 0.5) is 0 Å². The number of carbonyl (C=O) groups is 1. The van der Waals surface area contributed by atoms with E-state index in [2.05, 4.69) is 13.8 Å². The van der Waals surface area contributed by atoms with Crippen LogP contribution in [0.15, 0.2) is 0 Å². The summed E-state index contributed by atoms with van der Waals surface area (Å²) in [5.74, 6) is 1.61. The highest BCUT2D eigenvalue weighted by Crippen LogP contribution is 2.26. The summed E-state index contributed by atoms with van der Waals surface area (Å²) >= 11 is 0. The van der Waals surface area contributed by atoms with Crippen molar-refractivity contribution in [2.45, 2.75) is 59.9 Å². The fourth-order valence-electron chi connectivity index (χ4n) is 2.58. The van der Waals surface area contributed by atoms with Crippen molar-refractivity contribution in [1.82, 2.24) is 4.90 Å². The molecule has 0 aromatic heterocycles. The van der Waals surface area contributed by atoms with E-state index in [1.54, 1.807) is 0 Å². The molecule has 1 aliphatic rings. The summed E-state index contributed by atoms with van der Waals surface area (Å²) in [6.07, 6.45) is 3.48. The molecular formula is C15H31ClN2O. The van der Waals surface area contributed by atoms with Crippen LogP contribution >= 0.6 is 12.4 Å². The third-order valence-corrected chi connectivity index (χ3v) is 4.23. The summed E-state index contributed by atoms with van der Waals surface area (Å²) in [5.41, 5.74) is 5.93. The number of carbonyl (C=O) groups excluding carboxylic acids is 1. The van der Waals surface area contributed by atoms with Gasteiger partial charge in [0.25, 0.3) is 0 Å². The maximum atomic E-state index is 12.4. The Balaban J connectivity index is 0.00000324. The van der Waals surface area contributed by atoms with Gasteiger partial charge in [0.05, 0.1) is 6.04 Å². The average molecular weight is 291 g/mol. The Bertz CT molecular complexity index is 286. The highest BCUT2D eigenvalue weighted by Gasteiger charge is 2.32. The lowest BCUT2D eigenvalue weighted by molar-refractivity contribution is -0.134. The van der Waals surface area contributed by atoms with Gasteiger partial charge < -0.3 is 10.6 Å². The lowest BCUT2D eigenvalue weighted by Gasteiger charge is -2.31. The molecule has 0 bridgehead atoms. The predicted molar refractivity (Wildman–Crippen MR) is 83.4 cm³/mol. The predicted octanol–water partition coefficient (Wildman–Crippen LogP) is 3.07. The number of nitrogens with two attached hydrogens (primary N) is 1. The monoisotopic (exact) mass is 290 g/mol. The van der Waals surface area contributed by atoms with Gasteiger partial charge >= 0.3 is 0 Å². The van der Waals surface area contributed by atoms with Crippen LogP contribution in [-0.4, -0.2) is 29.9 Å². The molecule has 0 radical (unpaired) electrons. The van der Waals surface area contributed by atoms with Crippen molar-refractivity contribution in [2.24, 2.45) is 23.0 Å². The summed E-state index contributed by atoms with van der Waals surface area (Å²) in [6.45, 7) is 12.4. The largest absolute Gasteiger partial charge is 0.341 e. The minimum atomic E-state index is -0.381. The second-order valence-corrected chi connectivity index (χ2v) is 7.10. The molecule has 3 nitrogen and oxygen atoms in total. The van der Waals surface area contributed by atoms with Gasteiger partial charge in [-0.05, 0) is 36.5 Å². The molecule has 0 aliphatic carbocycles. The second kappa shape index (κ2) is 7.49. The van der Waals surface area contributed by atoms with Crippen LogP contribution < -0.4 is 5.73 Å². The van der Waals surface area contributed by atoms with Crippen molar-refractivity contribution in [3.05, 3.63) is 0 Å². The van der Waals surface area contributed by atoms with Gasteiger partial charge in [0.1, 0.15) is 0 Å². The van der Waals surface area contributed by atoms with Gasteiger partial charge in [0, 0.05) is 13.1 Å². The van der Waals surface area contributed by atoms with Crippen LogP contribution in [0.5, 0.6) is 0 Å². The molecule has 1 fully saturated rings. The Morgan fingerprint density at radius 2 is 1.79 bits per heavy atom. The smallest absolute Gasteiger partial charge is 0.240 e. The van der Waals surface area contributed by atoms with E-state index in [1.807, 2.05) is 25.7 Å². The molecular weight excluding hydrogens is 260 g/mol. The minimum Gasteiger partial charge on any atom is -0.341 e. The van der Waals surface area contributed by atoms with Crippen LogP contribution in [-0.2, 0) is 4.79 Å². The molecule has 1 unspecified atom stereocenters.